The predicted octanol–water partition coefficient (Wildman–Crippen LogP) is 1.02. The summed E-state index contributed by atoms with van der Waals surface area (Å²) in [5.41, 5.74) is 2.56. The van der Waals surface area contributed by atoms with Crippen LogP contribution < -0.4 is 0 Å². The molecule has 0 amide bonds. The van der Waals surface area contributed by atoms with Gasteiger partial charge in [-0.2, -0.15) is 5.10 Å². The van der Waals surface area contributed by atoms with Crippen molar-refractivity contribution >= 4 is 0 Å². The van der Waals surface area contributed by atoms with Crippen molar-refractivity contribution in [2.75, 3.05) is 0 Å². The summed E-state index contributed by atoms with van der Waals surface area (Å²) in [6, 6.07) is 0. The van der Waals surface area contributed by atoms with Gasteiger partial charge in [-0.1, -0.05) is 0 Å². The Morgan fingerprint density at radius 1 is 1.42 bits per heavy atom. The van der Waals surface area contributed by atoms with Crippen LogP contribution in [0.4, 0.5) is 0 Å². The Morgan fingerprint density at radius 3 is 2.33 bits per heavy atom. The highest BCUT2D eigenvalue weighted by molar-refractivity contribution is 5.34. The average Bonchev–Trinajstić information content (AvgIpc) is 2.62. The maximum Gasteiger partial charge on any atom is 0.0934 e. The van der Waals surface area contributed by atoms with Crippen molar-refractivity contribution in [1.29, 1.82) is 0 Å². The maximum absolute atomic E-state index is 9.92. The Morgan fingerprint density at radius 2 is 2.00 bits per heavy atom. The number of nitrogens with zero attached hydrogens (tertiary/aromatic N) is 2. The van der Waals surface area contributed by atoms with E-state index < -0.39 is 5.60 Å². The number of aromatic nitrogens is 2. The van der Waals surface area contributed by atoms with Crippen LogP contribution in [0.3, 0.4) is 0 Å². The average molecular weight is 166 g/mol. The van der Waals surface area contributed by atoms with Crippen LogP contribution in [0, 0.1) is 13.8 Å². The lowest BCUT2D eigenvalue weighted by molar-refractivity contribution is 0.150. The van der Waals surface area contributed by atoms with Gasteiger partial charge in [0.1, 0.15) is 0 Å². The summed E-state index contributed by atoms with van der Waals surface area (Å²) in [6.07, 6.45) is 1.78. The van der Waals surface area contributed by atoms with E-state index in [4.69, 9.17) is 0 Å². The van der Waals surface area contributed by atoms with E-state index in [0.29, 0.717) is 0 Å². The SMILES string of the molecule is Cc1nn(C)c(C)c1C1(O)CC1. The Labute approximate surface area is 72.0 Å². The number of aliphatic hydroxyl groups is 1. The highest BCUT2D eigenvalue weighted by Gasteiger charge is 2.45. The van der Waals surface area contributed by atoms with E-state index in [1.54, 1.807) is 0 Å². The molecule has 66 valence electrons. The second-order valence-corrected chi connectivity index (χ2v) is 3.70. The van der Waals surface area contributed by atoms with Crippen molar-refractivity contribution in [3.63, 3.8) is 0 Å². The summed E-state index contributed by atoms with van der Waals surface area (Å²) < 4.78 is 1.83. The fourth-order valence-electron chi connectivity index (χ4n) is 1.82. The third-order valence-electron chi connectivity index (χ3n) is 2.70. The predicted molar refractivity (Wildman–Crippen MR) is 45.8 cm³/mol. The molecule has 1 aliphatic rings. The largest absolute Gasteiger partial charge is 0.385 e. The first-order chi connectivity index (χ1) is 5.54. The Kier molecular flexibility index (Phi) is 1.37. The van der Waals surface area contributed by atoms with Gasteiger partial charge in [0.05, 0.1) is 11.3 Å². The molecule has 0 saturated heterocycles. The van der Waals surface area contributed by atoms with Crippen molar-refractivity contribution in [2.45, 2.75) is 32.3 Å². The highest BCUT2D eigenvalue weighted by Crippen LogP contribution is 2.47. The van der Waals surface area contributed by atoms with Crippen molar-refractivity contribution in [3.05, 3.63) is 17.0 Å². The van der Waals surface area contributed by atoms with Crippen molar-refractivity contribution in [3.8, 4) is 0 Å². The van der Waals surface area contributed by atoms with Gasteiger partial charge in [0.25, 0.3) is 0 Å². The molecule has 0 spiro atoms. The molecule has 1 aromatic rings. The zero-order valence-corrected chi connectivity index (χ0v) is 7.76. The van der Waals surface area contributed by atoms with Gasteiger partial charge in [0.2, 0.25) is 0 Å². The minimum atomic E-state index is -0.539. The minimum absolute atomic E-state index is 0.539. The molecule has 0 atom stereocenters. The summed E-state index contributed by atoms with van der Waals surface area (Å²) in [4.78, 5) is 0. The lowest BCUT2D eigenvalue weighted by Gasteiger charge is -2.07. The zero-order valence-electron chi connectivity index (χ0n) is 7.76. The number of rotatable bonds is 1. The molecule has 0 bridgehead atoms. The molecule has 1 N–H and O–H groups in total. The third kappa shape index (κ3) is 0.894. The van der Waals surface area contributed by atoms with Gasteiger partial charge in [-0.15, -0.1) is 0 Å². The van der Waals surface area contributed by atoms with Gasteiger partial charge < -0.3 is 5.11 Å². The quantitative estimate of drug-likeness (QED) is 0.676. The Bertz CT molecular complexity index is 324. The molecule has 1 fully saturated rings. The first-order valence-corrected chi connectivity index (χ1v) is 4.28. The molecule has 12 heavy (non-hydrogen) atoms. The van der Waals surface area contributed by atoms with Crippen LogP contribution in [-0.2, 0) is 12.6 Å². The second-order valence-electron chi connectivity index (χ2n) is 3.70. The first-order valence-electron chi connectivity index (χ1n) is 4.28. The first kappa shape index (κ1) is 7.80. The third-order valence-corrected chi connectivity index (χ3v) is 2.70. The van der Waals surface area contributed by atoms with Crippen LogP contribution in [0.5, 0.6) is 0 Å². The molecular formula is C9H14N2O. The Hall–Kier alpha value is -0.830. The van der Waals surface area contributed by atoms with E-state index in [1.165, 1.54) is 0 Å². The smallest absolute Gasteiger partial charge is 0.0934 e. The molecule has 1 aliphatic carbocycles. The summed E-state index contributed by atoms with van der Waals surface area (Å²) in [7, 11) is 1.91. The summed E-state index contributed by atoms with van der Waals surface area (Å²) >= 11 is 0. The van der Waals surface area contributed by atoms with Gasteiger partial charge in [-0.05, 0) is 26.7 Å². The molecular weight excluding hydrogens is 152 g/mol. The van der Waals surface area contributed by atoms with Crippen LogP contribution in [0.2, 0.25) is 0 Å². The van der Waals surface area contributed by atoms with Gasteiger partial charge in [0, 0.05) is 18.3 Å². The molecule has 1 saturated carbocycles. The summed E-state index contributed by atoms with van der Waals surface area (Å²) in [5.74, 6) is 0. The summed E-state index contributed by atoms with van der Waals surface area (Å²) in [6.45, 7) is 3.96. The molecule has 2 rings (SSSR count). The number of aryl methyl sites for hydroxylation is 2. The van der Waals surface area contributed by atoms with Crippen LogP contribution >= 0.6 is 0 Å². The van der Waals surface area contributed by atoms with Crippen molar-refractivity contribution < 1.29 is 5.11 Å². The van der Waals surface area contributed by atoms with Crippen LogP contribution in [0.1, 0.15) is 29.8 Å². The zero-order chi connectivity index (χ0) is 8.93. The molecule has 0 unspecified atom stereocenters. The molecule has 3 nitrogen and oxygen atoms in total. The van der Waals surface area contributed by atoms with Gasteiger partial charge >= 0.3 is 0 Å². The van der Waals surface area contributed by atoms with Gasteiger partial charge in [-0.25, -0.2) is 0 Å². The number of hydrogen-bond acceptors (Lipinski definition) is 2. The lowest BCUT2D eigenvalue weighted by Crippen LogP contribution is -2.07. The van der Waals surface area contributed by atoms with Gasteiger partial charge in [-0.3, -0.25) is 4.68 Å². The van der Waals surface area contributed by atoms with Crippen LogP contribution in [-0.4, -0.2) is 14.9 Å². The maximum atomic E-state index is 9.92. The fourth-order valence-corrected chi connectivity index (χ4v) is 1.82. The molecule has 1 aromatic heterocycles. The molecule has 3 heteroatoms. The molecule has 1 heterocycles. The minimum Gasteiger partial charge on any atom is -0.385 e. The van der Waals surface area contributed by atoms with Gasteiger partial charge in [0.15, 0.2) is 0 Å². The monoisotopic (exact) mass is 166 g/mol. The molecule has 0 radical (unpaired) electrons. The highest BCUT2D eigenvalue weighted by atomic mass is 16.3. The standard InChI is InChI=1S/C9H14N2O/c1-6-8(9(12)4-5-9)7(2)11(3)10-6/h12H,4-5H2,1-3H3. The van der Waals surface area contributed by atoms with Crippen LogP contribution in [0.25, 0.3) is 0 Å². The van der Waals surface area contributed by atoms with E-state index >= 15 is 0 Å². The molecule has 0 aliphatic heterocycles. The lowest BCUT2D eigenvalue weighted by atomic mass is 10.1. The molecule has 0 aromatic carbocycles. The van der Waals surface area contributed by atoms with Crippen molar-refractivity contribution in [2.24, 2.45) is 7.05 Å². The van der Waals surface area contributed by atoms with E-state index in [0.717, 1.165) is 29.8 Å². The fraction of sp³-hybridized carbons (Fsp3) is 0.667. The number of hydrogen-bond donors (Lipinski definition) is 1. The van der Waals surface area contributed by atoms with E-state index in [1.807, 2.05) is 25.6 Å². The van der Waals surface area contributed by atoms with E-state index in [9.17, 15) is 5.11 Å². The second kappa shape index (κ2) is 2.10. The van der Waals surface area contributed by atoms with Crippen molar-refractivity contribution in [1.82, 2.24) is 9.78 Å². The van der Waals surface area contributed by atoms with Crippen LogP contribution in [0.15, 0.2) is 0 Å². The topological polar surface area (TPSA) is 38.0 Å². The normalized spacial score (nSPS) is 19.7. The van der Waals surface area contributed by atoms with E-state index in [-0.39, 0.29) is 0 Å². The van der Waals surface area contributed by atoms with E-state index in [2.05, 4.69) is 5.10 Å². The summed E-state index contributed by atoms with van der Waals surface area (Å²) in [5, 5.41) is 14.2. The Balaban J connectivity index is 2.55.